The number of carboxylic acid groups (broad SMARTS) is 1. The summed E-state index contributed by atoms with van der Waals surface area (Å²) >= 11 is 0. The second-order valence-corrected chi connectivity index (χ2v) is 5.48. The first-order valence-corrected chi connectivity index (χ1v) is 8.98. The maximum absolute atomic E-state index is 10.3. The highest BCUT2D eigenvalue weighted by molar-refractivity contribution is 5.66. The summed E-state index contributed by atoms with van der Waals surface area (Å²) in [5.41, 5.74) is 3.21. The monoisotopic (exact) mass is 328 g/mol. The predicted octanol–water partition coefficient (Wildman–Crippen LogP) is 6.54. The van der Waals surface area contributed by atoms with Gasteiger partial charge in [-0.1, -0.05) is 62.0 Å². The molecule has 0 aliphatic carbocycles. The van der Waals surface area contributed by atoms with E-state index >= 15 is 0 Å². The van der Waals surface area contributed by atoms with Gasteiger partial charge in [0.15, 0.2) is 0 Å². The van der Waals surface area contributed by atoms with Gasteiger partial charge in [-0.2, -0.15) is 0 Å². The molecule has 0 unspecified atom stereocenters. The van der Waals surface area contributed by atoms with E-state index in [1.165, 1.54) is 12.8 Å². The van der Waals surface area contributed by atoms with Gasteiger partial charge in [0, 0.05) is 6.42 Å². The summed E-state index contributed by atoms with van der Waals surface area (Å²) in [6.45, 7) is 2.20. The molecule has 2 nitrogen and oxygen atoms in total. The van der Waals surface area contributed by atoms with Crippen LogP contribution in [0.15, 0.2) is 66.5 Å². The molecule has 0 fully saturated rings. The number of aliphatic carboxylic acids is 1. The molecule has 0 aromatic carbocycles. The SMILES string of the molecule is CCCCC=C=CC/C=C/C/C=C/C/C=C/C/C=C/CCC(=O)O. The summed E-state index contributed by atoms with van der Waals surface area (Å²) in [5, 5.41) is 8.49. The van der Waals surface area contributed by atoms with Crippen LogP contribution >= 0.6 is 0 Å². The second kappa shape index (κ2) is 19.0. The molecule has 2 heteroatoms. The van der Waals surface area contributed by atoms with Crippen molar-refractivity contribution < 1.29 is 9.90 Å². The maximum Gasteiger partial charge on any atom is 0.303 e. The third-order valence-electron chi connectivity index (χ3n) is 3.20. The molecule has 0 aromatic heterocycles. The first-order chi connectivity index (χ1) is 11.8. The molecule has 0 spiro atoms. The first kappa shape index (κ1) is 21.9. The number of carbonyl (C=O) groups is 1. The van der Waals surface area contributed by atoms with E-state index in [-0.39, 0.29) is 6.42 Å². The van der Waals surface area contributed by atoms with Crippen LogP contribution in [0.3, 0.4) is 0 Å². The van der Waals surface area contributed by atoms with Crippen molar-refractivity contribution >= 4 is 5.97 Å². The normalized spacial score (nSPS) is 11.7. The van der Waals surface area contributed by atoms with Gasteiger partial charge in [0.05, 0.1) is 0 Å². The molecule has 0 rings (SSSR count). The molecular weight excluding hydrogens is 296 g/mol. The molecule has 132 valence electrons. The highest BCUT2D eigenvalue weighted by atomic mass is 16.4. The van der Waals surface area contributed by atoms with Crippen molar-refractivity contribution in [1.29, 1.82) is 0 Å². The van der Waals surface area contributed by atoms with Gasteiger partial charge in [-0.15, -0.1) is 5.73 Å². The molecule has 0 saturated carbocycles. The Bertz CT molecular complexity index is 472. The third-order valence-corrected chi connectivity index (χ3v) is 3.20. The summed E-state index contributed by atoms with van der Waals surface area (Å²) in [4.78, 5) is 10.3. The van der Waals surface area contributed by atoms with Crippen LogP contribution in [0.5, 0.6) is 0 Å². The zero-order chi connectivity index (χ0) is 17.7. The molecule has 0 atom stereocenters. The summed E-state index contributed by atoms with van der Waals surface area (Å²) in [5.74, 6) is -0.742. The predicted molar refractivity (Wildman–Crippen MR) is 104 cm³/mol. The van der Waals surface area contributed by atoms with Crippen LogP contribution in [0, 0.1) is 0 Å². The minimum absolute atomic E-state index is 0.210. The van der Waals surface area contributed by atoms with E-state index in [1.54, 1.807) is 0 Å². The van der Waals surface area contributed by atoms with Crippen LogP contribution in [0.2, 0.25) is 0 Å². The van der Waals surface area contributed by atoms with Crippen molar-refractivity contribution in [1.82, 2.24) is 0 Å². The van der Waals surface area contributed by atoms with E-state index in [4.69, 9.17) is 5.11 Å². The molecule has 0 radical (unpaired) electrons. The third kappa shape index (κ3) is 19.9. The average Bonchev–Trinajstić information content (AvgIpc) is 2.56. The van der Waals surface area contributed by atoms with Gasteiger partial charge in [0.2, 0.25) is 0 Å². The van der Waals surface area contributed by atoms with Gasteiger partial charge in [-0.3, -0.25) is 4.79 Å². The Morgan fingerprint density at radius 2 is 1.33 bits per heavy atom. The number of unbranched alkanes of at least 4 members (excludes halogenated alkanes) is 2. The Kier molecular flexibility index (Phi) is 17.4. The molecule has 0 aliphatic rings. The maximum atomic E-state index is 10.3. The smallest absolute Gasteiger partial charge is 0.303 e. The Balaban J connectivity index is 3.54. The van der Waals surface area contributed by atoms with Crippen molar-refractivity contribution in [3.05, 3.63) is 66.5 Å². The van der Waals surface area contributed by atoms with Crippen LogP contribution in [0.1, 0.15) is 64.7 Å². The van der Waals surface area contributed by atoms with E-state index in [0.717, 1.165) is 32.1 Å². The van der Waals surface area contributed by atoms with Gasteiger partial charge >= 0.3 is 5.97 Å². The van der Waals surface area contributed by atoms with Crippen molar-refractivity contribution in [3.63, 3.8) is 0 Å². The number of carboxylic acids is 1. The lowest BCUT2D eigenvalue weighted by molar-refractivity contribution is -0.136. The van der Waals surface area contributed by atoms with Crippen molar-refractivity contribution in [2.24, 2.45) is 0 Å². The molecule has 0 aromatic rings. The fourth-order valence-corrected chi connectivity index (χ4v) is 1.84. The van der Waals surface area contributed by atoms with Gasteiger partial charge in [0.1, 0.15) is 0 Å². The molecule has 0 bridgehead atoms. The molecular formula is C22H32O2. The highest BCUT2D eigenvalue weighted by Crippen LogP contribution is 1.97. The van der Waals surface area contributed by atoms with Gasteiger partial charge in [0.25, 0.3) is 0 Å². The second-order valence-electron chi connectivity index (χ2n) is 5.48. The van der Waals surface area contributed by atoms with Crippen LogP contribution < -0.4 is 0 Å². The fourth-order valence-electron chi connectivity index (χ4n) is 1.84. The van der Waals surface area contributed by atoms with Gasteiger partial charge < -0.3 is 5.11 Å². The lowest BCUT2D eigenvalue weighted by Crippen LogP contribution is -1.91. The van der Waals surface area contributed by atoms with Crippen LogP contribution in [-0.2, 0) is 4.79 Å². The summed E-state index contributed by atoms with van der Waals surface area (Å²) in [6, 6.07) is 0. The Hall–Kier alpha value is -2.05. The van der Waals surface area contributed by atoms with E-state index in [0.29, 0.717) is 6.42 Å². The Morgan fingerprint density at radius 3 is 1.88 bits per heavy atom. The number of rotatable bonds is 14. The molecule has 0 aliphatic heterocycles. The lowest BCUT2D eigenvalue weighted by atomic mass is 10.2. The van der Waals surface area contributed by atoms with Crippen LogP contribution in [0.25, 0.3) is 0 Å². The minimum atomic E-state index is -0.742. The molecule has 24 heavy (non-hydrogen) atoms. The Morgan fingerprint density at radius 1 is 0.792 bits per heavy atom. The average molecular weight is 328 g/mol. The molecule has 0 amide bonds. The van der Waals surface area contributed by atoms with Crippen molar-refractivity contribution in [3.8, 4) is 0 Å². The molecule has 1 N–H and O–H groups in total. The van der Waals surface area contributed by atoms with E-state index < -0.39 is 5.97 Å². The van der Waals surface area contributed by atoms with Crippen molar-refractivity contribution in [2.45, 2.75) is 64.7 Å². The summed E-state index contributed by atoms with van der Waals surface area (Å²) < 4.78 is 0. The van der Waals surface area contributed by atoms with Gasteiger partial charge in [-0.05, 0) is 57.1 Å². The largest absolute Gasteiger partial charge is 0.481 e. The number of hydrogen-bond acceptors (Lipinski definition) is 1. The highest BCUT2D eigenvalue weighted by Gasteiger charge is 1.90. The van der Waals surface area contributed by atoms with Crippen LogP contribution in [-0.4, -0.2) is 11.1 Å². The number of allylic oxidation sites excluding steroid dienone is 9. The quantitative estimate of drug-likeness (QED) is 0.223. The summed E-state index contributed by atoms with van der Waals surface area (Å²) in [7, 11) is 0. The Labute approximate surface area is 147 Å². The lowest BCUT2D eigenvalue weighted by Gasteiger charge is -1.87. The summed E-state index contributed by atoms with van der Waals surface area (Å²) in [6.07, 6.45) is 29.2. The minimum Gasteiger partial charge on any atom is -0.481 e. The van der Waals surface area contributed by atoms with E-state index in [9.17, 15) is 4.79 Å². The zero-order valence-electron chi connectivity index (χ0n) is 15.0. The topological polar surface area (TPSA) is 37.3 Å². The fraction of sp³-hybridized carbons (Fsp3) is 0.455. The standard InChI is InChI=1S/C22H32O2/c1-2-3-4-5-6-7-8-9-10-11-12-13-14-15-16-17-18-19-20-21-22(23)24/h5,7,9-10,12-13,15-16,18-19H,2-4,8,11,14,17,20-21H2,1H3,(H,23,24)/b10-9+,13-12+,16-15+,19-18+. The first-order valence-electron chi connectivity index (χ1n) is 8.98. The van der Waals surface area contributed by atoms with Gasteiger partial charge in [-0.25, -0.2) is 0 Å². The molecule has 0 heterocycles. The molecule has 0 saturated heterocycles. The van der Waals surface area contributed by atoms with E-state index in [2.05, 4.69) is 61.3 Å². The zero-order valence-corrected chi connectivity index (χ0v) is 15.0. The van der Waals surface area contributed by atoms with Crippen LogP contribution in [0.4, 0.5) is 0 Å². The van der Waals surface area contributed by atoms with Crippen molar-refractivity contribution in [2.75, 3.05) is 0 Å². The number of hydrogen-bond donors (Lipinski definition) is 1. The van der Waals surface area contributed by atoms with E-state index in [1.807, 2.05) is 12.2 Å².